The molecule has 1 aromatic carbocycles. The van der Waals surface area contributed by atoms with Crippen LogP contribution in [0, 0.1) is 5.92 Å². The topological polar surface area (TPSA) is 88.1 Å². The minimum absolute atomic E-state index is 0. The summed E-state index contributed by atoms with van der Waals surface area (Å²) in [5.41, 5.74) is 1.04. The lowest BCUT2D eigenvalue weighted by molar-refractivity contribution is -0.144. The number of ether oxygens (including phenoxy) is 2. The highest BCUT2D eigenvalue weighted by molar-refractivity contribution is 5.85. The lowest BCUT2D eigenvalue weighted by atomic mass is 9.98. The van der Waals surface area contributed by atoms with Crippen LogP contribution in [-0.4, -0.2) is 62.3 Å². The maximum atomic E-state index is 12.1. The summed E-state index contributed by atoms with van der Waals surface area (Å²) in [5.74, 6) is 0.117. The minimum atomic E-state index is -0.779. The number of carboxylic acid groups (broad SMARTS) is 1. The SMILES string of the molecule is COc1ccc(CCNC(=O)CN2CCCC(C(=O)O)C2)cc1OC.Cl. The Balaban J connectivity index is 0.00000338. The molecule has 0 aromatic heterocycles. The average molecular weight is 387 g/mol. The van der Waals surface area contributed by atoms with Gasteiger partial charge in [0, 0.05) is 13.1 Å². The second-order valence-corrected chi connectivity index (χ2v) is 6.20. The van der Waals surface area contributed by atoms with Gasteiger partial charge in [-0.25, -0.2) is 0 Å². The lowest BCUT2D eigenvalue weighted by Crippen LogP contribution is -2.44. The molecular formula is C18H27ClN2O5. The Morgan fingerprint density at radius 2 is 2.00 bits per heavy atom. The maximum absolute atomic E-state index is 12.1. The van der Waals surface area contributed by atoms with Gasteiger partial charge in [0.1, 0.15) is 0 Å². The molecule has 1 aliphatic heterocycles. The number of halogens is 1. The first-order chi connectivity index (χ1) is 12.0. The van der Waals surface area contributed by atoms with Gasteiger partial charge in [-0.2, -0.15) is 0 Å². The molecule has 0 radical (unpaired) electrons. The van der Waals surface area contributed by atoms with E-state index < -0.39 is 5.97 Å². The predicted octanol–water partition coefficient (Wildman–Crippen LogP) is 1.58. The molecular weight excluding hydrogens is 360 g/mol. The summed E-state index contributed by atoms with van der Waals surface area (Å²) >= 11 is 0. The number of methoxy groups -OCH3 is 2. The monoisotopic (exact) mass is 386 g/mol. The summed E-state index contributed by atoms with van der Waals surface area (Å²) in [7, 11) is 3.18. The van der Waals surface area contributed by atoms with Crippen LogP contribution < -0.4 is 14.8 Å². The number of amides is 1. The zero-order valence-corrected chi connectivity index (χ0v) is 16.0. The number of carbonyl (C=O) groups excluding carboxylic acids is 1. The Hall–Kier alpha value is -1.99. The van der Waals surface area contributed by atoms with Gasteiger partial charge in [-0.1, -0.05) is 6.07 Å². The van der Waals surface area contributed by atoms with Crippen LogP contribution in [0.5, 0.6) is 11.5 Å². The number of likely N-dealkylation sites (tertiary alicyclic amines) is 1. The highest BCUT2D eigenvalue weighted by Crippen LogP contribution is 2.27. The first-order valence-corrected chi connectivity index (χ1v) is 8.46. The molecule has 1 saturated heterocycles. The smallest absolute Gasteiger partial charge is 0.307 e. The number of hydrogen-bond acceptors (Lipinski definition) is 5. The Kier molecular flexibility index (Phi) is 9.23. The summed E-state index contributed by atoms with van der Waals surface area (Å²) in [6, 6.07) is 5.68. The summed E-state index contributed by atoms with van der Waals surface area (Å²) in [4.78, 5) is 25.0. The van der Waals surface area contributed by atoms with Gasteiger partial charge < -0.3 is 19.9 Å². The number of aliphatic carboxylic acids is 1. The second-order valence-electron chi connectivity index (χ2n) is 6.20. The summed E-state index contributed by atoms with van der Waals surface area (Å²) in [6.45, 7) is 1.98. The number of nitrogens with zero attached hydrogens (tertiary/aromatic N) is 1. The van der Waals surface area contributed by atoms with Crippen molar-refractivity contribution in [3.8, 4) is 11.5 Å². The van der Waals surface area contributed by atoms with E-state index in [1.807, 2.05) is 23.1 Å². The van der Waals surface area contributed by atoms with Crippen molar-refractivity contribution in [2.75, 3.05) is 40.4 Å². The van der Waals surface area contributed by atoms with Crippen LogP contribution in [0.25, 0.3) is 0 Å². The number of hydrogen-bond donors (Lipinski definition) is 2. The fourth-order valence-corrected chi connectivity index (χ4v) is 3.04. The van der Waals surface area contributed by atoms with Crippen LogP contribution in [0.3, 0.4) is 0 Å². The molecule has 0 bridgehead atoms. The number of carbonyl (C=O) groups is 2. The quantitative estimate of drug-likeness (QED) is 0.705. The molecule has 26 heavy (non-hydrogen) atoms. The normalized spacial score (nSPS) is 17.1. The van der Waals surface area contributed by atoms with E-state index in [1.165, 1.54) is 0 Å². The molecule has 0 aliphatic carbocycles. The molecule has 1 unspecified atom stereocenters. The van der Waals surface area contributed by atoms with Crippen LogP contribution in [0.15, 0.2) is 18.2 Å². The number of nitrogens with one attached hydrogen (secondary N) is 1. The standard InChI is InChI=1S/C18H26N2O5.ClH/c1-24-15-6-5-13(10-16(15)25-2)7-8-19-17(21)12-20-9-3-4-14(11-20)18(22)23;/h5-6,10,14H,3-4,7-9,11-12H2,1-2H3,(H,19,21)(H,22,23);1H. The number of rotatable bonds is 8. The molecule has 7 nitrogen and oxygen atoms in total. The van der Waals surface area contributed by atoms with Crippen LogP contribution in [0.2, 0.25) is 0 Å². The van der Waals surface area contributed by atoms with E-state index in [9.17, 15) is 9.59 Å². The highest BCUT2D eigenvalue weighted by atomic mass is 35.5. The van der Waals surface area contributed by atoms with E-state index in [1.54, 1.807) is 14.2 Å². The first-order valence-electron chi connectivity index (χ1n) is 8.46. The zero-order valence-electron chi connectivity index (χ0n) is 15.2. The van der Waals surface area contributed by atoms with Crippen molar-refractivity contribution in [2.24, 2.45) is 5.92 Å². The van der Waals surface area contributed by atoms with Crippen molar-refractivity contribution in [2.45, 2.75) is 19.3 Å². The average Bonchev–Trinajstić information content (AvgIpc) is 2.61. The van der Waals surface area contributed by atoms with Crippen molar-refractivity contribution < 1.29 is 24.2 Å². The van der Waals surface area contributed by atoms with Gasteiger partial charge in [-0.05, 0) is 43.5 Å². The molecule has 2 N–H and O–H groups in total. The molecule has 1 aliphatic rings. The van der Waals surface area contributed by atoms with Crippen LogP contribution >= 0.6 is 12.4 Å². The molecule has 0 spiro atoms. The Labute approximate surface area is 160 Å². The molecule has 8 heteroatoms. The minimum Gasteiger partial charge on any atom is -0.493 e. The Morgan fingerprint density at radius 1 is 1.27 bits per heavy atom. The molecule has 1 aromatic rings. The largest absolute Gasteiger partial charge is 0.493 e. The zero-order chi connectivity index (χ0) is 18.2. The molecule has 1 fully saturated rings. The van der Waals surface area contributed by atoms with Crippen LogP contribution in [-0.2, 0) is 16.0 Å². The Bertz CT molecular complexity index is 611. The van der Waals surface area contributed by atoms with Gasteiger partial charge in [0.2, 0.25) is 5.91 Å². The summed E-state index contributed by atoms with van der Waals surface area (Å²) in [6.07, 6.45) is 2.19. The summed E-state index contributed by atoms with van der Waals surface area (Å²) < 4.78 is 10.5. The van der Waals surface area contributed by atoms with E-state index in [4.69, 9.17) is 14.6 Å². The van der Waals surface area contributed by atoms with Crippen LogP contribution in [0.4, 0.5) is 0 Å². The Morgan fingerprint density at radius 3 is 2.65 bits per heavy atom. The van der Waals surface area contributed by atoms with E-state index in [0.29, 0.717) is 37.4 Å². The maximum Gasteiger partial charge on any atom is 0.307 e. The van der Waals surface area contributed by atoms with Gasteiger partial charge in [0.05, 0.1) is 26.7 Å². The number of benzene rings is 1. The second kappa shape index (κ2) is 10.9. The van der Waals surface area contributed by atoms with Gasteiger partial charge >= 0.3 is 5.97 Å². The molecule has 146 valence electrons. The molecule has 1 heterocycles. The molecule has 1 atom stereocenters. The van der Waals surface area contributed by atoms with Gasteiger partial charge in [0.15, 0.2) is 11.5 Å². The van der Waals surface area contributed by atoms with Gasteiger partial charge in [-0.15, -0.1) is 12.4 Å². The van der Waals surface area contributed by atoms with Crippen molar-refractivity contribution in [3.05, 3.63) is 23.8 Å². The van der Waals surface area contributed by atoms with Crippen LogP contribution in [0.1, 0.15) is 18.4 Å². The fraction of sp³-hybridized carbons (Fsp3) is 0.556. The molecule has 2 rings (SSSR count). The first kappa shape index (κ1) is 22.1. The van der Waals surface area contributed by atoms with Crippen molar-refractivity contribution >= 4 is 24.3 Å². The third-order valence-electron chi connectivity index (χ3n) is 4.41. The third-order valence-corrected chi connectivity index (χ3v) is 4.41. The van der Waals surface area contributed by atoms with E-state index >= 15 is 0 Å². The van der Waals surface area contributed by atoms with Crippen molar-refractivity contribution in [1.82, 2.24) is 10.2 Å². The van der Waals surface area contributed by atoms with E-state index in [0.717, 1.165) is 18.5 Å². The van der Waals surface area contributed by atoms with E-state index in [2.05, 4.69) is 5.32 Å². The van der Waals surface area contributed by atoms with Crippen molar-refractivity contribution in [1.29, 1.82) is 0 Å². The number of piperidine rings is 1. The fourth-order valence-electron chi connectivity index (χ4n) is 3.04. The van der Waals surface area contributed by atoms with Gasteiger partial charge in [0.25, 0.3) is 0 Å². The van der Waals surface area contributed by atoms with Crippen molar-refractivity contribution in [3.63, 3.8) is 0 Å². The van der Waals surface area contributed by atoms with Gasteiger partial charge in [-0.3, -0.25) is 14.5 Å². The lowest BCUT2D eigenvalue weighted by Gasteiger charge is -2.29. The van der Waals surface area contributed by atoms with E-state index in [-0.39, 0.29) is 30.8 Å². The third kappa shape index (κ3) is 6.38. The predicted molar refractivity (Wildman–Crippen MR) is 100 cm³/mol. The summed E-state index contributed by atoms with van der Waals surface area (Å²) in [5, 5.41) is 12.0. The highest BCUT2D eigenvalue weighted by Gasteiger charge is 2.26. The number of carboxylic acids is 1. The molecule has 0 saturated carbocycles. The molecule has 1 amide bonds.